The van der Waals surface area contributed by atoms with Gasteiger partial charge in [0.1, 0.15) is 5.82 Å². The molecule has 110 valence electrons. The Morgan fingerprint density at radius 1 is 1.14 bits per heavy atom. The van der Waals surface area contributed by atoms with E-state index < -0.39 is 0 Å². The summed E-state index contributed by atoms with van der Waals surface area (Å²) in [5.41, 5.74) is 1.75. The number of hydrogen-bond acceptors (Lipinski definition) is 2. The predicted molar refractivity (Wildman–Crippen MR) is 82.4 cm³/mol. The Hall–Kier alpha value is -2.20. The highest BCUT2D eigenvalue weighted by molar-refractivity contribution is 5.94. The lowest BCUT2D eigenvalue weighted by Gasteiger charge is -2.24. The van der Waals surface area contributed by atoms with Crippen molar-refractivity contribution in [1.82, 2.24) is 4.90 Å². The minimum Gasteiger partial charge on any atom is -0.325 e. The van der Waals surface area contributed by atoms with Gasteiger partial charge in [0.15, 0.2) is 0 Å². The van der Waals surface area contributed by atoms with Crippen LogP contribution in [0.3, 0.4) is 0 Å². The number of anilines is 1. The first kappa shape index (κ1) is 15.2. The molecule has 2 aromatic carbocycles. The predicted octanol–water partition coefficient (Wildman–Crippen LogP) is 3.28. The largest absolute Gasteiger partial charge is 0.325 e. The number of likely N-dealkylation sites (N-methyl/N-ethyl adjacent to an activating group) is 1. The maximum Gasteiger partial charge on any atom is 0.241 e. The molecule has 0 unspecified atom stereocenters. The van der Waals surface area contributed by atoms with Crippen LogP contribution in [-0.4, -0.2) is 23.9 Å². The lowest BCUT2D eigenvalue weighted by molar-refractivity contribution is -0.120. The highest BCUT2D eigenvalue weighted by atomic mass is 19.1. The van der Waals surface area contributed by atoms with E-state index in [4.69, 9.17) is 0 Å². The SMILES string of the molecule is C[C@@H](C(=O)Nc1ccccc1)N(C)Cc1ccc(F)cc1. The van der Waals surface area contributed by atoms with Gasteiger partial charge in [0, 0.05) is 12.2 Å². The van der Waals surface area contributed by atoms with Gasteiger partial charge in [-0.1, -0.05) is 30.3 Å². The zero-order valence-corrected chi connectivity index (χ0v) is 12.2. The average Bonchev–Trinajstić information content (AvgIpc) is 2.49. The van der Waals surface area contributed by atoms with Crippen molar-refractivity contribution in [3.63, 3.8) is 0 Å². The second-order valence-electron chi connectivity index (χ2n) is 5.07. The second-order valence-corrected chi connectivity index (χ2v) is 5.07. The van der Waals surface area contributed by atoms with Crippen molar-refractivity contribution in [3.05, 3.63) is 66.0 Å². The molecule has 0 aliphatic rings. The molecule has 1 atom stereocenters. The van der Waals surface area contributed by atoms with E-state index in [2.05, 4.69) is 5.32 Å². The normalized spacial score (nSPS) is 12.2. The minimum absolute atomic E-state index is 0.0641. The molecule has 2 aromatic rings. The zero-order valence-electron chi connectivity index (χ0n) is 12.2. The molecule has 3 nitrogen and oxygen atoms in total. The van der Waals surface area contributed by atoms with Gasteiger partial charge in [-0.2, -0.15) is 0 Å². The number of amides is 1. The van der Waals surface area contributed by atoms with Crippen LogP contribution in [0.1, 0.15) is 12.5 Å². The zero-order chi connectivity index (χ0) is 15.2. The van der Waals surface area contributed by atoms with Gasteiger partial charge in [-0.15, -0.1) is 0 Å². The minimum atomic E-state index is -0.282. The number of para-hydroxylation sites is 1. The van der Waals surface area contributed by atoms with Crippen LogP contribution in [-0.2, 0) is 11.3 Å². The van der Waals surface area contributed by atoms with Gasteiger partial charge in [0.2, 0.25) is 5.91 Å². The quantitative estimate of drug-likeness (QED) is 0.914. The molecule has 0 fully saturated rings. The Labute approximate surface area is 124 Å². The van der Waals surface area contributed by atoms with Crippen LogP contribution in [0.5, 0.6) is 0 Å². The Bertz CT molecular complexity index is 583. The van der Waals surface area contributed by atoms with E-state index in [1.54, 1.807) is 12.1 Å². The van der Waals surface area contributed by atoms with E-state index in [1.807, 2.05) is 49.2 Å². The summed E-state index contributed by atoms with van der Waals surface area (Å²) >= 11 is 0. The number of carbonyl (C=O) groups is 1. The topological polar surface area (TPSA) is 32.3 Å². The fraction of sp³-hybridized carbons (Fsp3) is 0.235. The molecule has 0 bridgehead atoms. The van der Waals surface area contributed by atoms with Gasteiger partial charge in [-0.05, 0) is 43.8 Å². The maximum absolute atomic E-state index is 12.9. The van der Waals surface area contributed by atoms with Crippen molar-refractivity contribution in [3.8, 4) is 0 Å². The summed E-state index contributed by atoms with van der Waals surface area (Å²) in [4.78, 5) is 14.1. The summed E-state index contributed by atoms with van der Waals surface area (Å²) in [6.07, 6.45) is 0. The van der Waals surface area contributed by atoms with Crippen LogP contribution < -0.4 is 5.32 Å². The molecular weight excluding hydrogens is 267 g/mol. The Kier molecular flexibility index (Phi) is 5.06. The molecule has 4 heteroatoms. The number of hydrogen-bond donors (Lipinski definition) is 1. The highest BCUT2D eigenvalue weighted by Crippen LogP contribution is 2.10. The van der Waals surface area contributed by atoms with Gasteiger partial charge in [-0.25, -0.2) is 4.39 Å². The number of nitrogens with zero attached hydrogens (tertiary/aromatic N) is 1. The Morgan fingerprint density at radius 3 is 2.38 bits per heavy atom. The summed E-state index contributed by atoms with van der Waals surface area (Å²) < 4.78 is 12.9. The van der Waals surface area contributed by atoms with E-state index >= 15 is 0 Å². The monoisotopic (exact) mass is 286 g/mol. The number of benzene rings is 2. The van der Waals surface area contributed by atoms with Gasteiger partial charge >= 0.3 is 0 Å². The number of carbonyl (C=O) groups excluding carboxylic acids is 1. The van der Waals surface area contributed by atoms with Gasteiger partial charge in [-0.3, -0.25) is 9.69 Å². The average molecular weight is 286 g/mol. The van der Waals surface area contributed by atoms with Crippen molar-refractivity contribution >= 4 is 11.6 Å². The molecule has 0 spiro atoms. The second kappa shape index (κ2) is 6.99. The van der Waals surface area contributed by atoms with E-state index in [-0.39, 0.29) is 17.8 Å². The molecule has 0 radical (unpaired) electrons. The van der Waals surface area contributed by atoms with Crippen molar-refractivity contribution in [2.75, 3.05) is 12.4 Å². The van der Waals surface area contributed by atoms with E-state index in [1.165, 1.54) is 12.1 Å². The summed E-state index contributed by atoms with van der Waals surface area (Å²) in [5, 5.41) is 2.88. The molecule has 0 aliphatic heterocycles. The van der Waals surface area contributed by atoms with Gasteiger partial charge in [0.05, 0.1) is 6.04 Å². The van der Waals surface area contributed by atoms with E-state index in [9.17, 15) is 9.18 Å². The third kappa shape index (κ3) is 4.39. The molecule has 0 aromatic heterocycles. The summed E-state index contributed by atoms with van der Waals surface area (Å²) in [6.45, 7) is 2.44. The number of halogens is 1. The Balaban J connectivity index is 1.93. The molecule has 0 heterocycles. The summed E-state index contributed by atoms with van der Waals surface area (Å²) in [6, 6.07) is 15.4. The first-order valence-electron chi connectivity index (χ1n) is 6.87. The van der Waals surface area contributed by atoms with E-state index in [0.717, 1.165) is 11.3 Å². The maximum atomic E-state index is 12.9. The first-order valence-corrected chi connectivity index (χ1v) is 6.87. The molecular formula is C17H19FN2O. The third-order valence-electron chi connectivity index (χ3n) is 3.43. The van der Waals surface area contributed by atoms with Crippen molar-refractivity contribution in [2.45, 2.75) is 19.5 Å². The molecule has 2 rings (SSSR count). The molecule has 21 heavy (non-hydrogen) atoms. The molecule has 0 saturated heterocycles. The van der Waals surface area contributed by atoms with E-state index in [0.29, 0.717) is 6.54 Å². The molecule has 1 N–H and O–H groups in total. The lowest BCUT2D eigenvalue weighted by atomic mass is 10.2. The number of nitrogens with one attached hydrogen (secondary N) is 1. The summed E-state index contributed by atoms with van der Waals surface area (Å²) in [7, 11) is 1.87. The standard InChI is InChI=1S/C17H19FN2O/c1-13(17(21)19-16-6-4-3-5-7-16)20(2)12-14-8-10-15(18)11-9-14/h3-11,13H,12H2,1-2H3,(H,19,21)/t13-/m0/s1. The van der Waals surface area contributed by atoms with Crippen LogP contribution in [0.4, 0.5) is 10.1 Å². The van der Waals surface area contributed by atoms with Crippen molar-refractivity contribution in [2.24, 2.45) is 0 Å². The smallest absolute Gasteiger partial charge is 0.241 e. The van der Waals surface area contributed by atoms with Crippen LogP contribution in [0.15, 0.2) is 54.6 Å². The van der Waals surface area contributed by atoms with Crippen LogP contribution in [0.25, 0.3) is 0 Å². The fourth-order valence-electron chi connectivity index (χ4n) is 1.98. The van der Waals surface area contributed by atoms with Crippen molar-refractivity contribution in [1.29, 1.82) is 0 Å². The third-order valence-corrected chi connectivity index (χ3v) is 3.43. The fourth-order valence-corrected chi connectivity index (χ4v) is 1.98. The summed E-state index contributed by atoms with van der Waals surface area (Å²) in [5.74, 6) is -0.318. The van der Waals surface area contributed by atoms with Gasteiger partial charge < -0.3 is 5.32 Å². The van der Waals surface area contributed by atoms with Crippen LogP contribution >= 0.6 is 0 Å². The molecule has 0 aliphatic carbocycles. The van der Waals surface area contributed by atoms with Crippen LogP contribution in [0, 0.1) is 5.82 Å². The number of rotatable bonds is 5. The van der Waals surface area contributed by atoms with Crippen molar-refractivity contribution < 1.29 is 9.18 Å². The Morgan fingerprint density at radius 2 is 1.76 bits per heavy atom. The lowest BCUT2D eigenvalue weighted by Crippen LogP contribution is -2.39. The van der Waals surface area contributed by atoms with Crippen LogP contribution in [0.2, 0.25) is 0 Å². The van der Waals surface area contributed by atoms with Gasteiger partial charge in [0.25, 0.3) is 0 Å². The molecule has 1 amide bonds. The highest BCUT2D eigenvalue weighted by Gasteiger charge is 2.18. The first-order chi connectivity index (χ1) is 10.1. The molecule has 0 saturated carbocycles.